The average Bonchev–Trinajstić information content (AvgIpc) is 3.12. The number of carbonyl (C=O) groups excluding carboxylic acids is 2. The molecule has 5 nitrogen and oxygen atoms in total. The van der Waals surface area contributed by atoms with Crippen molar-refractivity contribution < 1.29 is 14.3 Å². The van der Waals surface area contributed by atoms with E-state index in [4.69, 9.17) is 0 Å². The Morgan fingerprint density at radius 3 is 2.76 bits per heavy atom. The molecule has 0 radical (unpaired) electrons. The molecule has 0 aromatic carbocycles. The zero-order valence-electron chi connectivity index (χ0n) is 12.1. The molecule has 2 aromatic heterocycles. The highest BCUT2D eigenvalue weighted by molar-refractivity contribution is 7.17. The molecule has 2 aromatic rings. The molecule has 112 valence electrons. The SMILES string of the molecule is CCN(CC(=O)OC)C(=O)c1sc(-c2ccsc2)nc1C. The number of hydrogen-bond donors (Lipinski definition) is 0. The van der Waals surface area contributed by atoms with E-state index in [0.29, 0.717) is 17.1 Å². The van der Waals surface area contributed by atoms with Crippen molar-refractivity contribution in [1.29, 1.82) is 0 Å². The van der Waals surface area contributed by atoms with Gasteiger partial charge in [0.2, 0.25) is 0 Å². The molecule has 0 saturated heterocycles. The molecule has 2 heterocycles. The second kappa shape index (κ2) is 6.82. The molecule has 7 heteroatoms. The average molecular weight is 324 g/mol. The Kier molecular flexibility index (Phi) is 5.08. The minimum atomic E-state index is -0.426. The smallest absolute Gasteiger partial charge is 0.325 e. The van der Waals surface area contributed by atoms with Gasteiger partial charge in [0.25, 0.3) is 5.91 Å². The zero-order valence-corrected chi connectivity index (χ0v) is 13.7. The summed E-state index contributed by atoms with van der Waals surface area (Å²) in [5.41, 5.74) is 1.71. The van der Waals surface area contributed by atoms with Crippen molar-refractivity contribution in [1.82, 2.24) is 9.88 Å². The molecule has 0 atom stereocenters. The Balaban J connectivity index is 2.24. The van der Waals surface area contributed by atoms with Crippen molar-refractivity contribution in [3.63, 3.8) is 0 Å². The lowest BCUT2D eigenvalue weighted by atomic mass is 10.3. The highest BCUT2D eigenvalue weighted by Crippen LogP contribution is 2.30. The van der Waals surface area contributed by atoms with Gasteiger partial charge in [-0.25, -0.2) is 4.98 Å². The first-order chi connectivity index (χ1) is 10.1. The van der Waals surface area contributed by atoms with E-state index in [9.17, 15) is 9.59 Å². The number of thiophene rings is 1. The topological polar surface area (TPSA) is 59.5 Å². The predicted octanol–water partition coefficient (Wildman–Crippen LogP) is 2.82. The van der Waals surface area contributed by atoms with Gasteiger partial charge in [0.15, 0.2) is 0 Å². The quantitative estimate of drug-likeness (QED) is 0.794. The Hall–Kier alpha value is -1.73. The van der Waals surface area contributed by atoms with Gasteiger partial charge in [-0.2, -0.15) is 11.3 Å². The number of carbonyl (C=O) groups is 2. The molecule has 0 aliphatic rings. The number of esters is 1. The first-order valence-corrected chi connectivity index (χ1v) is 8.18. The van der Waals surface area contributed by atoms with E-state index in [1.165, 1.54) is 23.3 Å². The summed E-state index contributed by atoms with van der Waals surface area (Å²) in [6.07, 6.45) is 0. The number of aryl methyl sites for hydroxylation is 1. The van der Waals surface area contributed by atoms with Crippen LogP contribution in [0.4, 0.5) is 0 Å². The van der Waals surface area contributed by atoms with Crippen LogP contribution in [0, 0.1) is 6.92 Å². The van der Waals surface area contributed by atoms with Crippen LogP contribution in [0.2, 0.25) is 0 Å². The van der Waals surface area contributed by atoms with Crippen molar-refractivity contribution >= 4 is 34.6 Å². The fraction of sp³-hybridized carbons (Fsp3) is 0.357. The van der Waals surface area contributed by atoms with E-state index in [1.54, 1.807) is 11.3 Å². The van der Waals surface area contributed by atoms with Crippen LogP contribution in [0.3, 0.4) is 0 Å². The molecule has 0 fully saturated rings. The largest absolute Gasteiger partial charge is 0.468 e. The highest BCUT2D eigenvalue weighted by Gasteiger charge is 2.23. The second-order valence-electron chi connectivity index (χ2n) is 4.34. The van der Waals surface area contributed by atoms with Crippen LogP contribution in [0.15, 0.2) is 16.8 Å². The molecular formula is C14H16N2O3S2. The second-order valence-corrected chi connectivity index (χ2v) is 6.12. The van der Waals surface area contributed by atoms with Gasteiger partial charge < -0.3 is 9.64 Å². The number of ether oxygens (including phenoxy) is 1. The predicted molar refractivity (Wildman–Crippen MR) is 83.8 cm³/mol. The number of nitrogens with zero attached hydrogens (tertiary/aromatic N) is 2. The minimum absolute atomic E-state index is 0.0447. The minimum Gasteiger partial charge on any atom is -0.468 e. The van der Waals surface area contributed by atoms with Gasteiger partial charge >= 0.3 is 5.97 Å². The summed E-state index contributed by atoms with van der Waals surface area (Å²) >= 11 is 2.95. The van der Waals surface area contributed by atoms with Gasteiger partial charge in [0.1, 0.15) is 16.4 Å². The molecular weight excluding hydrogens is 308 g/mol. The Labute approximate surface area is 131 Å². The summed E-state index contributed by atoms with van der Waals surface area (Å²) in [6.45, 7) is 4.04. The molecule has 0 bridgehead atoms. The van der Waals surface area contributed by atoms with Gasteiger partial charge in [-0.05, 0) is 25.3 Å². The molecule has 0 spiro atoms. The fourth-order valence-corrected chi connectivity index (χ4v) is 3.54. The maximum atomic E-state index is 12.5. The molecule has 2 rings (SSSR count). The fourth-order valence-electron chi connectivity index (χ4n) is 1.80. The van der Waals surface area contributed by atoms with Crippen LogP contribution in [-0.4, -0.2) is 42.0 Å². The van der Waals surface area contributed by atoms with Crippen molar-refractivity contribution in [3.05, 3.63) is 27.4 Å². The van der Waals surface area contributed by atoms with Crippen LogP contribution in [0.5, 0.6) is 0 Å². The molecule has 0 aliphatic carbocycles. The summed E-state index contributed by atoms with van der Waals surface area (Å²) in [5, 5.41) is 4.80. The molecule has 0 aliphatic heterocycles. The lowest BCUT2D eigenvalue weighted by molar-refractivity contribution is -0.141. The number of rotatable bonds is 5. The van der Waals surface area contributed by atoms with Gasteiger partial charge in [-0.3, -0.25) is 9.59 Å². The van der Waals surface area contributed by atoms with E-state index in [1.807, 2.05) is 30.7 Å². The summed E-state index contributed by atoms with van der Waals surface area (Å²) in [6, 6.07) is 1.98. The summed E-state index contributed by atoms with van der Waals surface area (Å²) in [7, 11) is 1.31. The van der Waals surface area contributed by atoms with Crippen molar-refractivity contribution in [2.45, 2.75) is 13.8 Å². The highest BCUT2D eigenvalue weighted by atomic mass is 32.1. The first-order valence-electron chi connectivity index (χ1n) is 6.42. The summed E-state index contributed by atoms with van der Waals surface area (Å²) < 4.78 is 4.62. The maximum Gasteiger partial charge on any atom is 0.325 e. The Bertz CT molecular complexity index is 635. The number of hydrogen-bond acceptors (Lipinski definition) is 6. The molecule has 0 unspecified atom stereocenters. The third-order valence-electron chi connectivity index (χ3n) is 2.98. The molecule has 0 N–H and O–H groups in total. The zero-order chi connectivity index (χ0) is 15.4. The summed E-state index contributed by atoms with van der Waals surface area (Å²) in [5.74, 6) is -0.607. The van der Waals surface area contributed by atoms with Crippen LogP contribution in [0.25, 0.3) is 10.6 Å². The van der Waals surface area contributed by atoms with Crippen LogP contribution in [0.1, 0.15) is 22.3 Å². The number of aromatic nitrogens is 1. The van der Waals surface area contributed by atoms with Crippen LogP contribution < -0.4 is 0 Å². The Morgan fingerprint density at radius 2 is 2.19 bits per heavy atom. The normalized spacial score (nSPS) is 10.4. The van der Waals surface area contributed by atoms with E-state index in [-0.39, 0.29) is 12.5 Å². The monoisotopic (exact) mass is 324 g/mol. The van der Waals surface area contributed by atoms with Crippen molar-refractivity contribution in [3.8, 4) is 10.6 Å². The van der Waals surface area contributed by atoms with Crippen LogP contribution in [-0.2, 0) is 9.53 Å². The standard InChI is InChI=1S/C14H16N2O3S2/c1-4-16(7-11(17)19-3)14(18)12-9(2)15-13(21-12)10-5-6-20-8-10/h5-6,8H,4,7H2,1-3H3. The Morgan fingerprint density at radius 1 is 1.43 bits per heavy atom. The van der Waals surface area contributed by atoms with E-state index in [2.05, 4.69) is 9.72 Å². The van der Waals surface area contributed by atoms with Gasteiger partial charge in [-0.1, -0.05) is 0 Å². The van der Waals surface area contributed by atoms with Gasteiger partial charge in [0.05, 0.1) is 12.8 Å². The summed E-state index contributed by atoms with van der Waals surface area (Å²) in [4.78, 5) is 30.4. The third-order valence-corrected chi connectivity index (χ3v) is 4.85. The number of likely N-dealkylation sites (N-methyl/N-ethyl adjacent to an activating group) is 1. The van der Waals surface area contributed by atoms with Gasteiger partial charge in [-0.15, -0.1) is 11.3 Å². The lowest BCUT2D eigenvalue weighted by Crippen LogP contribution is -2.35. The first kappa shape index (κ1) is 15.7. The van der Waals surface area contributed by atoms with Gasteiger partial charge in [0, 0.05) is 17.5 Å². The van der Waals surface area contributed by atoms with Crippen LogP contribution >= 0.6 is 22.7 Å². The van der Waals surface area contributed by atoms with Crippen molar-refractivity contribution in [2.75, 3.05) is 20.2 Å². The maximum absolute atomic E-state index is 12.5. The number of methoxy groups -OCH3 is 1. The number of amides is 1. The molecule has 21 heavy (non-hydrogen) atoms. The molecule has 1 amide bonds. The van der Waals surface area contributed by atoms with E-state index >= 15 is 0 Å². The van der Waals surface area contributed by atoms with Crippen molar-refractivity contribution in [2.24, 2.45) is 0 Å². The third kappa shape index (κ3) is 3.48. The lowest BCUT2D eigenvalue weighted by Gasteiger charge is -2.18. The van der Waals surface area contributed by atoms with E-state index in [0.717, 1.165) is 10.6 Å². The molecule has 0 saturated carbocycles. The van der Waals surface area contributed by atoms with E-state index < -0.39 is 5.97 Å². The number of thiazole rings is 1.